The van der Waals surface area contributed by atoms with Gasteiger partial charge in [0.15, 0.2) is 0 Å². The van der Waals surface area contributed by atoms with Gasteiger partial charge in [-0.15, -0.1) is 11.3 Å². The van der Waals surface area contributed by atoms with E-state index in [9.17, 15) is 0 Å². The predicted molar refractivity (Wildman–Crippen MR) is 75.8 cm³/mol. The average Bonchev–Trinajstić information content (AvgIpc) is 2.95. The minimum atomic E-state index is 0.579. The van der Waals surface area contributed by atoms with E-state index in [0.29, 0.717) is 6.54 Å². The van der Waals surface area contributed by atoms with Crippen molar-refractivity contribution in [1.29, 1.82) is 0 Å². The van der Waals surface area contributed by atoms with Crippen LogP contribution in [0.1, 0.15) is 15.4 Å². The number of nitrogens with two attached hydrogens (primary N) is 1. The minimum Gasteiger partial charge on any atom is -0.342 e. The maximum atomic E-state index is 5.80. The van der Waals surface area contributed by atoms with Gasteiger partial charge in [0.25, 0.3) is 0 Å². The first-order valence-electron chi connectivity index (χ1n) is 5.96. The molecule has 0 aliphatic carbocycles. The topological polar surface area (TPSA) is 43.8 Å². The number of fused-ring (bicyclic) bond motifs is 1. The van der Waals surface area contributed by atoms with Gasteiger partial charge in [0.05, 0.1) is 11.6 Å². The van der Waals surface area contributed by atoms with Crippen LogP contribution in [0, 0.1) is 6.92 Å². The quantitative estimate of drug-likeness (QED) is 0.784. The summed E-state index contributed by atoms with van der Waals surface area (Å²) < 4.78 is 2.25. The maximum Gasteiger partial charge on any atom is 0.0897 e. The van der Waals surface area contributed by atoms with Crippen LogP contribution in [0.4, 0.5) is 0 Å². The molecular weight excluding hydrogens is 242 g/mol. The van der Waals surface area contributed by atoms with E-state index in [1.807, 2.05) is 13.1 Å². The van der Waals surface area contributed by atoms with Crippen LogP contribution in [-0.2, 0) is 13.1 Å². The first-order valence-corrected chi connectivity index (χ1v) is 6.77. The third-order valence-electron chi connectivity index (χ3n) is 3.09. The number of aromatic nitrogens is 2. The summed E-state index contributed by atoms with van der Waals surface area (Å²) in [6, 6.07) is 8.40. The molecule has 0 bridgehead atoms. The van der Waals surface area contributed by atoms with Crippen molar-refractivity contribution in [1.82, 2.24) is 9.55 Å². The molecule has 0 saturated heterocycles. The number of rotatable bonds is 3. The van der Waals surface area contributed by atoms with Gasteiger partial charge in [-0.05, 0) is 18.6 Å². The number of hydrogen-bond acceptors (Lipinski definition) is 3. The van der Waals surface area contributed by atoms with Gasteiger partial charge in [-0.1, -0.05) is 18.2 Å². The summed E-state index contributed by atoms with van der Waals surface area (Å²) in [6.45, 7) is 3.48. The van der Waals surface area contributed by atoms with Gasteiger partial charge in [-0.3, -0.25) is 0 Å². The van der Waals surface area contributed by atoms with Gasteiger partial charge < -0.3 is 10.3 Å². The van der Waals surface area contributed by atoms with Gasteiger partial charge >= 0.3 is 0 Å². The van der Waals surface area contributed by atoms with Crippen LogP contribution >= 0.6 is 11.3 Å². The summed E-state index contributed by atoms with van der Waals surface area (Å²) in [7, 11) is 0. The van der Waals surface area contributed by atoms with Gasteiger partial charge in [0.2, 0.25) is 0 Å². The van der Waals surface area contributed by atoms with Crippen molar-refractivity contribution in [3.8, 4) is 0 Å². The number of para-hydroxylation sites is 1. The van der Waals surface area contributed by atoms with Crippen molar-refractivity contribution in [2.75, 3.05) is 0 Å². The highest BCUT2D eigenvalue weighted by Gasteiger charge is 2.08. The second kappa shape index (κ2) is 4.55. The molecule has 0 atom stereocenters. The Morgan fingerprint density at radius 2 is 2.17 bits per heavy atom. The van der Waals surface area contributed by atoms with E-state index in [0.717, 1.165) is 11.6 Å². The Bertz CT molecular complexity index is 681. The van der Waals surface area contributed by atoms with E-state index in [1.54, 1.807) is 11.3 Å². The van der Waals surface area contributed by atoms with Crippen molar-refractivity contribution >= 4 is 22.2 Å². The molecule has 92 valence electrons. The standard InChI is InChI=1S/C14H15N3S/c1-10-16-7-12(18-10)9-17-8-11(6-15)13-4-2-3-5-14(13)17/h2-5,7-8H,6,9,15H2,1H3. The summed E-state index contributed by atoms with van der Waals surface area (Å²) in [4.78, 5) is 5.58. The van der Waals surface area contributed by atoms with Crippen LogP contribution in [0.3, 0.4) is 0 Å². The van der Waals surface area contributed by atoms with E-state index >= 15 is 0 Å². The second-order valence-electron chi connectivity index (χ2n) is 4.35. The zero-order valence-electron chi connectivity index (χ0n) is 10.3. The highest BCUT2D eigenvalue weighted by atomic mass is 32.1. The van der Waals surface area contributed by atoms with Crippen molar-refractivity contribution in [3.05, 3.63) is 52.1 Å². The summed E-state index contributed by atoms with van der Waals surface area (Å²) >= 11 is 1.74. The third kappa shape index (κ3) is 1.94. The SMILES string of the molecule is Cc1ncc(Cn2cc(CN)c3ccccc32)s1. The molecule has 18 heavy (non-hydrogen) atoms. The minimum absolute atomic E-state index is 0.579. The van der Waals surface area contributed by atoms with Crippen LogP contribution in [0.2, 0.25) is 0 Å². The van der Waals surface area contributed by atoms with Crippen LogP contribution in [0.5, 0.6) is 0 Å². The number of aryl methyl sites for hydroxylation is 1. The lowest BCUT2D eigenvalue weighted by atomic mass is 10.2. The molecule has 2 N–H and O–H groups in total. The van der Waals surface area contributed by atoms with E-state index in [1.165, 1.54) is 21.3 Å². The molecule has 0 saturated carbocycles. The van der Waals surface area contributed by atoms with Crippen molar-refractivity contribution in [2.45, 2.75) is 20.0 Å². The molecule has 4 heteroatoms. The molecule has 2 heterocycles. The Kier molecular flexibility index (Phi) is 2.89. The van der Waals surface area contributed by atoms with Crippen LogP contribution < -0.4 is 5.73 Å². The zero-order chi connectivity index (χ0) is 12.5. The van der Waals surface area contributed by atoms with E-state index in [4.69, 9.17) is 5.73 Å². The zero-order valence-corrected chi connectivity index (χ0v) is 11.1. The van der Waals surface area contributed by atoms with Crippen molar-refractivity contribution in [2.24, 2.45) is 5.73 Å². The van der Waals surface area contributed by atoms with E-state index in [-0.39, 0.29) is 0 Å². The molecule has 3 aromatic rings. The summed E-state index contributed by atoms with van der Waals surface area (Å²) in [5.41, 5.74) is 8.24. The van der Waals surface area contributed by atoms with Gasteiger partial charge in [0.1, 0.15) is 0 Å². The van der Waals surface area contributed by atoms with Crippen molar-refractivity contribution in [3.63, 3.8) is 0 Å². The van der Waals surface area contributed by atoms with E-state index < -0.39 is 0 Å². The molecule has 0 spiro atoms. The Balaban J connectivity index is 2.06. The second-order valence-corrected chi connectivity index (χ2v) is 5.67. The Morgan fingerprint density at radius 1 is 1.33 bits per heavy atom. The number of hydrogen-bond donors (Lipinski definition) is 1. The maximum absolute atomic E-state index is 5.80. The Morgan fingerprint density at radius 3 is 2.89 bits per heavy atom. The summed E-state index contributed by atoms with van der Waals surface area (Å²) in [5.74, 6) is 0. The third-order valence-corrected chi connectivity index (χ3v) is 3.98. The Labute approximate surface area is 110 Å². The summed E-state index contributed by atoms with van der Waals surface area (Å²) in [5, 5.41) is 2.36. The first kappa shape index (κ1) is 11.4. The first-order chi connectivity index (χ1) is 8.78. The normalized spacial score (nSPS) is 11.2. The molecule has 0 amide bonds. The fourth-order valence-electron chi connectivity index (χ4n) is 2.26. The van der Waals surface area contributed by atoms with E-state index in [2.05, 4.69) is 40.0 Å². The highest BCUT2D eigenvalue weighted by Crippen LogP contribution is 2.23. The molecule has 0 fully saturated rings. The molecule has 0 aliphatic rings. The fraction of sp³-hybridized carbons (Fsp3) is 0.214. The molecular formula is C14H15N3S. The lowest BCUT2D eigenvalue weighted by Gasteiger charge is -2.02. The molecule has 0 radical (unpaired) electrons. The van der Waals surface area contributed by atoms with Crippen LogP contribution in [0.25, 0.3) is 10.9 Å². The largest absolute Gasteiger partial charge is 0.342 e. The number of benzene rings is 1. The number of nitrogens with zero attached hydrogens (tertiary/aromatic N) is 2. The molecule has 3 nitrogen and oxygen atoms in total. The lowest BCUT2D eigenvalue weighted by molar-refractivity contribution is 0.841. The molecule has 1 aromatic carbocycles. The molecule has 0 aliphatic heterocycles. The van der Waals surface area contributed by atoms with Crippen LogP contribution in [-0.4, -0.2) is 9.55 Å². The highest BCUT2D eigenvalue weighted by molar-refractivity contribution is 7.11. The smallest absolute Gasteiger partial charge is 0.0897 e. The van der Waals surface area contributed by atoms with Gasteiger partial charge in [0, 0.05) is 34.7 Å². The molecule has 2 aromatic heterocycles. The molecule has 0 unspecified atom stereocenters. The number of thiazole rings is 1. The van der Waals surface area contributed by atoms with Crippen LogP contribution in [0.15, 0.2) is 36.7 Å². The Hall–Kier alpha value is -1.65. The average molecular weight is 257 g/mol. The lowest BCUT2D eigenvalue weighted by Crippen LogP contribution is -1.97. The fourth-order valence-corrected chi connectivity index (χ4v) is 3.06. The van der Waals surface area contributed by atoms with Gasteiger partial charge in [-0.2, -0.15) is 0 Å². The van der Waals surface area contributed by atoms with Crippen molar-refractivity contribution < 1.29 is 0 Å². The summed E-state index contributed by atoms with van der Waals surface area (Å²) in [6.07, 6.45) is 4.11. The monoisotopic (exact) mass is 257 g/mol. The van der Waals surface area contributed by atoms with Gasteiger partial charge in [-0.25, -0.2) is 4.98 Å². The predicted octanol–water partition coefficient (Wildman–Crippen LogP) is 2.91. The molecule has 3 rings (SSSR count).